The van der Waals surface area contributed by atoms with Gasteiger partial charge in [0, 0.05) is 10.6 Å². The van der Waals surface area contributed by atoms with Crippen molar-refractivity contribution in [3.63, 3.8) is 0 Å². The molecule has 1 amide bonds. The second kappa shape index (κ2) is 3.69. The smallest absolute Gasteiger partial charge is 0.267 e. The largest absolute Gasteiger partial charge is 0.413 e. The molecule has 1 unspecified atom stereocenters. The molecule has 16 heavy (non-hydrogen) atoms. The van der Waals surface area contributed by atoms with E-state index in [9.17, 15) is 18.0 Å². The second-order valence-corrected chi connectivity index (χ2v) is 4.25. The molecule has 0 aromatic rings. The van der Waals surface area contributed by atoms with Crippen LogP contribution in [-0.2, 0) is 4.79 Å². The van der Waals surface area contributed by atoms with Crippen molar-refractivity contribution in [1.82, 2.24) is 0 Å². The van der Waals surface area contributed by atoms with E-state index in [2.05, 4.69) is 20.9 Å². The predicted molar refractivity (Wildman–Crippen MR) is 56.2 cm³/mol. The number of carbonyl (C=O) groups is 1. The number of dihydropyridines is 1. The number of aliphatic imine (C=N–C) groups is 1. The van der Waals surface area contributed by atoms with Crippen molar-refractivity contribution in [2.75, 3.05) is 0 Å². The topological polar surface area (TPSA) is 29.4 Å². The SMILES string of the molecule is O=C1C=C(C(F)(F)F)C2C=CC(Br)=CC2=N1. The summed E-state index contributed by atoms with van der Waals surface area (Å²) in [7, 11) is 0. The molecule has 0 aromatic heterocycles. The van der Waals surface area contributed by atoms with Gasteiger partial charge in [0.25, 0.3) is 5.91 Å². The molecule has 2 aliphatic rings. The molecule has 1 atom stereocenters. The molecule has 0 aromatic carbocycles. The van der Waals surface area contributed by atoms with Gasteiger partial charge in [-0.2, -0.15) is 13.2 Å². The van der Waals surface area contributed by atoms with Crippen molar-refractivity contribution in [2.24, 2.45) is 10.9 Å². The predicted octanol–water partition coefficient (Wildman–Crippen LogP) is 2.92. The lowest BCUT2D eigenvalue weighted by Crippen LogP contribution is -2.29. The van der Waals surface area contributed by atoms with Crippen LogP contribution in [0.15, 0.2) is 39.4 Å². The molecule has 2 nitrogen and oxygen atoms in total. The Labute approximate surface area is 97.4 Å². The maximum atomic E-state index is 12.6. The first-order valence-electron chi connectivity index (χ1n) is 4.34. The lowest BCUT2D eigenvalue weighted by Gasteiger charge is -2.24. The minimum Gasteiger partial charge on any atom is -0.267 e. The summed E-state index contributed by atoms with van der Waals surface area (Å²) in [6.45, 7) is 0. The third-order valence-electron chi connectivity index (χ3n) is 2.23. The van der Waals surface area contributed by atoms with Gasteiger partial charge in [-0.05, 0) is 6.08 Å². The minimum atomic E-state index is -4.51. The van der Waals surface area contributed by atoms with Gasteiger partial charge in [-0.15, -0.1) is 0 Å². The van der Waals surface area contributed by atoms with Crippen LogP contribution in [0.2, 0.25) is 0 Å². The highest BCUT2D eigenvalue weighted by Gasteiger charge is 2.42. The van der Waals surface area contributed by atoms with Crippen molar-refractivity contribution >= 4 is 27.5 Å². The number of hydrogen-bond acceptors (Lipinski definition) is 1. The van der Waals surface area contributed by atoms with Gasteiger partial charge in [-0.1, -0.05) is 28.1 Å². The molecule has 0 radical (unpaired) electrons. The van der Waals surface area contributed by atoms with E-state index >= 15 is 0 Å². The molecule has 0 bridgehead atoms. The Balaban J connectivity index is 2.46. The Morgan fingerprint density at radius 2 is 2.00 bits per heavy atom. The lowest BCUT2D eigenvalue weighted by molar-refractivity contribution is -0.116. The van der Waals surface area contributed by atoms with Crippen LogP contribution in [-0.4, -0.2) is 17.8 Å². The Bertz CT molecular complexity index is 471. The van der Waals surface area contributed by atoms with E-state index in [-0.39, 0.29) is 5.71 Å². The maximum absolute atomic E-state index is 12.6. The van der Waals surface area contributed by atoms with Gasteiger partial charge in [0.05, 0.1) is 17.2 Å². The van der Waals surface area contributed by atoms with Gasteiger partial charge in [-0.3, -0.25) is 4.79 Å². The Morgan fingerprint density at radius 1 is 1.31 bits per heavy atom. The monoisotopic (exact) mass is 291 g/mol. The molecule has 1 aliphatic carbocycles. The van der Waals surface area contributed by atoms with Crippen LogP contribution in [0.1, 0.15) is 0 Å². The van der Waals surface area contributed by atoms with Crippen molar-refractivity contribution in [3.8, 4) is 0 Å². The maximum Gasteiger partial charge on any atom is 0.413 e. The molecular weight excluding hydrogens is 287 g/mol. The molecular formula is C10H5BrF3NO. The summed E-state index contributed by atoms with van der Waals surface area (Å²) in [4.78, 5) is 14.6. The average Bonchev–Trinajstić information content (AvgIpc) is 2.14. The highest BCUT2D eigenvalue weighted by Crippen LogP contribution is 2.37. The van der Waals surface area contributed by atoms with Crippen molar-refractivity contribution < 1.29 is 18.0 Å². The zero-order valence-electron chi connectivity index (χ0n) is 7.75. The van der Waals surface area contributed by atoms with Crippen LogP contribution in [0.3, 0.4) is 0 Å². The number of alkyl halides is 3. The third-order valence-corrected chi connectivity index (χ3v) is 2.73. The molecule has 0 N–H and O–H groups in total. The van der Waals surface area contributed by atoms with Crippen molar-refractivity contribution in [3.05, 3.63) is 34.4 Å². The van der Waals surface area contributed by atoms with Crippen LogP contribution >= 0.6 is 15.9 Å². The number of allylic oxidation sites excluding steroid dienone is 5. The Kier molecular flexibility index (Phi) is 2.61. The van der Waals surface area contributed by atoms with Gasteiger partial charge in [-0.25, -0.2) is 4.99 Å². The quantitative estimate of drug-likeness (QED) is 0.675. The fourth-order valence-electron chi connectivity index (χ4n) is 1.57. The number of rotatable bonds is 0. The molecule has 2 rings (SSSR count). The van der Waals surface area contributed by atoms with Crippen LogP contribution < -0.4 is 0 Å². The van der Waals surface area contributed by atoms with Crippen LogP contribution in [0, 0.1) is 5.92 Å². The van der Waals surface area contributed by atoms with Gasteiger partial charge in [0.15, 0.2) is 0 Å². The molecule has 0 fully saturated rings. The van der Waals surface area contributed by atoms with E-state index in [4.69, 9.17) is 0 Å². The number of carbonyl (C=O) groups excluding carboxylic acids is 1. The molecule has 84 valence electrons. The van der Waals surface area contributed by atoms with E-state index in [0.29, 0.717) is 10.6 Å². The molecule has 0 saturated carbocycles. The highest BCUT2D eigenvalue weighted by atomic mass is 79.9. The van der Waals surface area contributed by atoms with Crippen molar-refractivity contribution in [2.45, 2.75) is 6.18 Å². The average molecular weight is 292 g/mol. The summed E-state index contributed by atoms with van der Waals surface area (Å²) in [6.07, 6.45) is 0.337. The van der Waals surface area contributed by atoms with Gasteiger partial charge >= 0.3 is 6.18 Å². The van der Waals surface area contributed by atoms with Crippen molar-refractivity contribution in [1.29, 1.82) is 0 Å². The number of nitrogens with zero attached hydrogens (tertiary/aromatic N) is 1. The number of amides is 1. The summed E-state index contributed by atoms with van der Waals surface area (Å²) in [5.74, 6) is -1.84. The molecule has 1 aliphatic heterocycles. The highest BCUT2D eigenvalue weighted by molar-refractivity contribution is 9.11. The molecule has 0 saturated heterocycles. The molecule has 0 spiro atoms. The first-order valence-corrected chi connectivity index (χ1v) is 5.14. The lowest BCUT2D eigenvalue weighted by atomic mass is 9.88. The van der Waals surface area contributed by atoms with Gasteiger partial charge in [0.2, 0.25) is 0 Å². The zero-order valence-corrected chi connectivity index (χ0v) is 9.34. The van der Waals surface area contributed by atoms with E-state index < -0.39 is 23.6 Å². The normalized spacial score (nSPS) is 24.6. The van der Waals surface area contributed by atoms with E-state index in [0.717, 1.165) is 0 Å². The molecule has 6 heteroatoms. The summed E-state index contributed by atoms with van der Waals surface area (Å²) < 4.78 is 38.5. The van der Waals surface area contributed by atoms with Crippen LogP contribution in [0.5, 0.6) is 0 Å². The summed E-state index contributed by atoms with van der Waals surface area (Å²) in [5, 5.41) is 0. The standard InChI is InChI=1S/C10H5BrF3NO/c11-5-1-2-6-7(10(12,13)14)4-9(16)15-8(6)3-5/h1-4,6H. The third kappa shape index (κ3) is 2.02. The van der Waals surface area contributed by atoms with E-state index in [1.807, 2.05) is 0 Å². The first-order chi connectivity index (χ1) is 7.38. The Hall–Kier alpha value is -1.17. The molecule has 1 heterocycles. The van der Waals surface area contributed by atoms with Gasteiger partial charge in [0.1, 0.15) is 0 Å². The minimum absolute atomic E-state index is 0.120. The summed E-state index contributed by atoms with van der Waals surface area (Å²) >= 11 is 3.12. The first kappa shape index (κ1) is 11.3. The fraction of sp³-hybridized carbons (Fsp3) is 0.200. The summed E-state index contributed by atoms with van der Waals surface area (Å²) in [5.41, 5.74) is -0.746. The van der Waals surface area contributed by atoms with E-state index in [1.165, 1.54) is 18.2 Å². The fourth-order valence-corrected chi connectivity index (χ4v) is 1.96. The Morgan fingerprint density at radius 3 is 2.62 bits per heavy atom. The number of fused-ring (bicyclic) bond motifs is 1. The zero-order chi connectivity index (χ0) is 11.9. The van der Waals surface area contributed by atoms with Crippen LogP contribution in [0.4, 0.5) is 13.2 Å². The second-order valence-electron chi connectivity index (χ2n) is 3.34. The van der Waals surface area contributed by atoms with E-state index in [1.54, 1.807) is 0 Å². The van der Waals surface area contributed by atoms with Gasteiger partial charge < -0.3 is 0 Å². The summed E-state index contributed by atoms with van der Waals surface area (Å²) in [6, 6.07) is 0. The number of halogens is 4. The van der Waals surface area contributed by atoms with Crippen LogP contribution in [0.25, 0.3) is 0 Å². The number of hydrogen-bond donors (Lipinski definition) is 0.